The van der Waals surface area contributed by atoms with E-state index >= 15 is 0 Å². The minimum atomic E-state index is 0.625. The summed E-state index contributed by atoms with van der Waals surface area (Å²) in [5.74, 6) is 0. The van der Waals surface area contributed by atoms with Crippen molar-refractivity contribution in [3.63, 3.8) is 0 Å². The molecule has 0 amide bonds. The molecule has 2 aromatic rings. The fourth-order valence-electron chi connectivity index (χ4n) is 3.66. The SMILES string of the molecule is Nc1ccc2c(c1)N(Cc1ccn(C3CCCC3)n1)CC2. The number of hydrogen-bond acceptors (Lipinski definition) is 3. The number of hydrogen-bond donors (Lipinski definition) is 1. The van der Waals surface area contributed by atoms with Crippen molar-refractivity contribution in [2.75, 3.05) is 17.2 Å². The molecule has 1 aliphatic heterocycles. The standard InChI is InChI=1S/C17H22N4/c18-14-6-5-13-7-9-20(17(13)11-14)12-15-8-10-21(19-15)16-3-1-2-4-16/h5-6,8,10-11,16H,1-4,7,9,12,18H2. The predicted molar refractivity (Wildman–Crippen MR) is 85.3 cm³/mol. The Balaban J connectivity index is 1.51. The van der Waals surface area contributed by atoms with Crippen LogP contribution in [0.2, 0.25) is 0 Å². The van der Waals surface area contributed by atoms with Gasteiger partial charge in [0.2, 0.25) is 0 Å². The summed E-state index contributed by atoms with van der Waals surface area (Å²) in [6, 6.07) is 9.04. The molecule has 1 aromatic heterocycles. The summed E-state index contributed by atoms with van der Waals surface area (Å²) in [5.41, 5.74) is 10.6. The molecule has 1 fully saturated rings. The molecule has 1 saturated carbocycles. The average molecular weight is 282 g/mol. The van der Waals surface area contributed by atoms with Gasteiger partial charge in [0.15, 0.2) is 0 Å². The van der Waals surface area contributed by atoms with E-state index in [9.17, 15) is 0 Å². The van der Waals surface area contributed by atoms with Crippen LogP contribution in [-0.4, -0.2) is 16.3 Å². The van der Waals surface area contributed by atoms with Crippen LogP contribution in [-0.2, 0) is 13.0 Å². The van der Waals surface area contributed by atoms with E-state index in [1.165, 1.54) is 36.9 Å². The Kier molecular flexibility index (Phi) is 3.09. The lowest BCUT2D eigenvalue weighted by atomic mass is 10.1. The van der Waals surface area contributed by atoms with Crippen molar-refractivity contribution < 1.29 is 0 Å². The van der Waals surface area contributed by atoms with Gasteiger partial charge in [0.1, 0.15) is 0 Å². The molecule has 0 unspecified atom stereocenters. The Hall–Kier alpha value is -1.97. The molecular weight excluding hydrogens is 260 g/mol. The van der Waals surface area contributed by atoms with Gasteiger partial charge < -0.3 is 10.6 Å². The number of nitrogens with two attached hydrogens (primary N) is 1. The minimum absolute atomic E-state index is 0.625. The van der Waals surface area contributed by atoms with E-state index in [2.05, 4.69) is 34.0 Å². The summed E-state index contributed by atoms with van der Waals surface area (Å²) >= 11 is 0. The summed E-state index contributed by atoms with van der Waals surface area (Å²) < 4.78 is 2.18. The van der Waals surface area contributed by atoms with Crippen molar-refractivity contribution >= 4 is 11.4 Å². The van der Waals surface area contributed by atoms with Gasteiger partial charge in [-0.1, -0.05) is 18.9 Å². The van der Waals surface area contributed by atoms with Gasteiger partial charge >= 0.3 is 0 Å². The number of nitrogens with zero attached hydrogens (tertiary/aromatic N) is 3. The van der Waals surface area contributed by atoms with Crippen molar-refractivity contribution in [1.82, 2.24) is 9.78 Å². The summed E-state index contributed by atoms with van der Waals surface area (Å²) in [4.78, 5) is 2.40. The molecule has 0 bridgehead atoms. The van der Waals surface area contributed by atoms with Gasteiger partial charge in [0, 0.05) is 24.1 Å². The Morgan fingerprint density at radius 3 is 2.90 bits per heavy atom. The highest BCUT2D eigenvalue weighted by Crippen LogP contribution is 2.32. The summed E-state index contributed by atoms with van der Waals surface area (Å²) in [5, 5.41) is 4.79. The van der Waals surface area contributed by atoms with Crippen LogP contribution in [0.1, 0.15) is 43.0 Å². The molecule has 110 valence electrons. The Labute approximate surface area is 125 Å². The number of rotatable bonds is 3. The van der Waals surface area contributed by atoms with E-state index < -0.39 is 0 Å². The highest BCUT2D eigenvalue weighted by molar-refractivity contribution is 5.64. The molecule has 4 rings (SSSR count). The van der Waals surface area contributed by atoms with Gasteiger partial charge in [-0.15, -0.1) is 0 Å². The fourth-order valence-corrected chi connectivity index (χ4v) is 3.66. The second-order valence-corrected chi connectivity index (χ2v) is 6.29. The van der Waals surface area contributed by atoms with Crippen molar-refractivity contribution in [3.8, 4) is 0 Å². The van der Waals surface area contributed by atoms with Crippen molar-refractivity contribution in [2.24, 2.45) is 0 Å². The van der Waals surface area contributed by atoms with Crippen LogP contribution in [0.4, 0.5) is 11.4 Å². The molecule has 0 atom stereocenters. The topological polar surface area (TPSA) is 47.1 Å². The average Bonchev–Trinajstić information content (AvgIpc) is 3.20. The van der Waals surface area contributed by atoms with Gasteiger partial charge in [-0.3, -0.25) is 4.68 Å². The van der Waals surface area contributed by atoms with Crippen LogP contribution < -0.4 is 10.6 Å². The molecule has 21 heavy (non-hydrogen) atoms. The van der Waals surface area contributed by atoms with Crippen molar-refractivity contribution in [1.29, 1.82) is 0 Å². The van der Waals surface area contributed by atoms with Gasteiger partial charge in [0.25, 0.3) is 0 Å². The monoisotopic (exact) mass is 282 g/mol. The van der Waals surface area contributed by atoms with E-state index in [-0.39, 0.29) is 0 Å². The highest BCUT2D eigenvalue weighted by atomic mass is 15.3. The Bertz CT molecular complexity index is 640. The zero-order chi connectivity index (χ0) is 14.2. The zero-order valence-corrected chi connectivity index (χ0v) is 12.3. The maximum Gasteiger partial charge on any atom is 0.0817 e. The number of benzene rings is 1. The van der Waals surface area contributed by atoms with Gasteiger partial charge in [-0.25, -0.2) is 0 Å². The number of nitrogen functional groups attached to an aromatic ring is 1. The highest BCUT2D eigenvalue weighted by Gasteiger charge is 2.21. The Morgan fingerprint density at radius 2 is 2.05 bits per heavy atom. The molecule has 0 spiro atoms. The first-order chi connectivity index (χ1) is 10.3. The van der Waals surface area contributed by atoms with E-state index in [0.717, 1.165) is 30.9 Å². The number of fused-ring (bicyclic) bond motifs is 1. The first-order valence-corrected chi connectivity index (χ1v) is 7.97. The maximum atomic E-state index is 5.93. The third kappa shape index (κ3) is 2.39. The van der Waals surface area contributed by atoms with Crippen LogP contribution >= 0.6 is 0 Å². The number of aromatic nitrogens is 2. The molecule has 4 nitrogen and oxygen atoms in total. The largest absolute Gasteiger partial charge is 0.399 e. The lowest BCUT2D eigenvalue weighted by Crippen LogP contribution is -2.20. The molecule has 1 aromatic carbocycles. The molecule has 2 N–H and O–H groups in total. The van der Waals surface area contributed by atoms with E-state index in [0.29, 0.717) is 6.04 Å². The maximum absolute atomic E-state index is 5.93. The third-order valence-corrected chi connectivity index (χ3v) is 4.82. The van der Waals surface area contributed by atoms with Crippen LogP contribution in [0.25, 0.3) is 0 Å². The molecule has 2 aliphatic rings. The second kappa shape index (κ2) is 5.10. The molecule has 0 saturated heterocycles. The van der Waals surface area contributed by atoms with E-state index in [1.54, 1.807) is 0 Å². The summed E-state index contributed by atoms with van der Waals surface area (Å²) in [6.07, 6.45) is 8.52. The van der Waals surface area contributed by atoms with Gasteiger partial charge in [-0.2, -0.15) is 5.10 Å². The molecule has 2 heterocycles. The normalized spacial score (nSPS) is 18.4. The predicted octanol–water partition coefficient (Wildman–Crippen LogP) is 3.14. The molecule has 4 heteroatoms. The van der Waals surface area contributed by atoms with Gasteiger partial charge in [0.05, 0.1) is 18.3 Å². The molecular formula is C17H22N4. The van der Waals surface area contributed by atoms with Crippen molar-refractivity contribution in [2.45, 2.75) is 44.7 Å². The minimum Gasteiger partial charge on any atom is -0.399 e. The lowest BCUT2D eigenvalue weighted by molar-refractivity contribution is 0.462. The van der Waals surface area contributed by atoms with Crippen LogP contribution in [0.15, 0.2) is 30.5 Å². The van der Waals surface area contributed by atoms with Crippen LogP contribution in [0, 0.1) is 0 Å². The van der Waals surface area contributed by atoms with Crippen molar-refractivity contribution in [3.05, 3.63) is 41.7 Å². The Morgan fingerprint density at radius 1 is 1.19 bits per heavy atom. The number of anilines is 2. The summed E-state index contributed by atoms with van der Waals surface area (Å²) in [7, 11) is 0. The summed E-state index contributed by atoms with van der Waals surface area (Å²) in [6.45, 7) is 1.95. The van der Waals surface area contributed by atoms with E-state index in [1.807, 2.05) is 6.07 Å². The van der Waals surface area contributed by atoms with Crippen LogP contribution in [0.3, 0.4) is 0 Å². The third-order valence-electron chi connectivity index (χ3n) is 4.82. The molecule has 1 aliphatic carbocycles. The quantitative estimate of drug-likeness (QED) is 0.880. The van der Waals surface area contributed by atoms with E-state index in [4.69, 9.17) is 10.8 Å². The van der Waals surface area contributed by atoms with Gasteiger partial charge in [-0.05, 0) is 43.0 Å². The first kappa shape index (κ1) is 12.7. The molecule has 0 radical (unpaired) electrons. The van der Waals surface area contributed by atoms with Crippen LogP contribution in [0.5, 0.6) is 0 Å². The lowest BCUT2D eigenvalue weighted by Gasteiger charge is -2.18. The zero-order valence-electron chi connectivity index (χ0n) is 12.3. The second-order valence-electron chi connectivity index (χ2n) is 6.29. The fraction of sp³-hybridized carbons (Fsp3) is 0.471. The first-order valence-electron chi connectivity index (χ1n) is 7.97. The smallest absolute Gasteiger partial charge is 0.0817 e.